The van der Waals surface area contributed by atoms with Crippen LogP contribution < -0.4 is 14.8 Å². The number of nitrogens with one attached hydrogen (secondary N) is 1. The van der Waals surface area contributed by atoms with Crippen molar-refractivity contribution in [3.05, 3.63) is 42.0 Å². The van der Waals surface area contributed by atoms with E-state index in [1.54, 1.807) is 12.2 Å². The third kappa shape index (κ3) is 5.61. The van der Waals surface area contributed by atoms with Gasteiger partial charge in [-0.3, -0.25) is 0 Å². The molecule has 2 N–H and O–H groups in total. The van der Waals surface area contributed by atoms with Gasteiger partial charge in [0.1, 0.15) is 0 Å². The summed E-state index contributed by atoms with van der Waals surface area (Å²) in [5, 5.41) is 11.7. The van der Waals surface area contributed by atoms with Crippen LogP contribution >= 0.6 is 0 Å². The molecule has 0 radical (unpaired) electrons. The zero-order chi connectivity index (χ0) is 15.6. The van der Waals surface area contributed by atoms with Gasteiger partial charge in [0.15, 0.2) is 11.5 Å². The van der Waals surface area contributed by atoms with Gasteiger partial charge in [-0.1, -0.05) is 30.7 Å². The van der Waals surface area contributed by atoms with Gasteiger partial charge in [-0.2, -0.15) is 0 Å². The van der Waals surface area contributed by atoms with Crippen LogP contribution in [0, 0.1) is 0 Å². The van der Waals surface area contributed by atoms with E-state index < -0.39 is 5.97 Å². The highest BCUT2D eigenvalue weighted by molar-refractivity contribution is 5.80. The van der Waals surface area contributed by atoms with Gasteiger partial charge in [-0.15, -0.1) is 0 Å². The van der Waals surface area contributed by atoms with Crippen LogP contribution in [0.15, 0.2) is 36.4 Å². The first-order valence-corrected chi connectivity index (χ1v) is 7.44. The lowest BCUT2D eigenvalue weighted by molar-refractivity contribution is -0.131. The number of allylic oxidation sites excluding steroid dienone is 2. The molecule has 0 aliphatic carbocycles. The second-order valence-corrected chi connectivity index (χ2v) is 4.98. The minimum atomic E-state index is -0.963. The summed E-state index contributed by atoms with van der Waals surface area (Å²) in [6.07, 6.45) is 10.2. The van der Waals surface area contributed by atoms with Gasteiger partial charge >= 0.3 is 5.97 Å². The van der Waals surface area contributed by atoms with Gasteiger partial charge < -0.3 is 19.9 Å². The molecule has 1 aromatic carbocycles. The van der Waals surface area contributed by atoms with Crippen LogP contribution in [0.4, 0.5) is 0 Å². The quantitative estimate of drug-likeness (QED) is 0.664. The lowest BCUT2D eigenvalue weighted by Gasteiger charge is -2.08. The standard InChI is InChI=1S/C12H10O4.C5H11N/c13-12(14)4-2-1-3-9-5-6-10-11(7-9)16-8-15-10;1-2-4-6-5-3-1/h1-7H,8H2,(H,13,14);6H,1-5H2/b3-1+,4-2+;. The molecule has 2 aliphatic heterocycles. The Morgan fingerprint density at radius 1 is 1.09 bits per heavy atom. The molecule has 1 aromatic rings. The van der Waals surface area contributed by atoms with E-state index in [4.69, 9.17) is 14.6 Å². The number of piperidine rings is 1. The maximum atomic E-state index is 10.2. The number of ether oxygens (including phenoxy) is 2. The van der Waals surface area contributed by atoms with Crippen LogP contribution in [-0.4, -0.2) is 31.0 Å². The Labute approximate surface area is 130 Å². The predicted octanol–water partition coefficient (Wildman–Crippen LogP) is 2.83. The molecule has 2 aliphatic rings. The number of carboxylic acid groups (broad SMARTS) is 1. The topological polar surface area (TPSA) is 67.8 Å². The van der Waals surface area contributed by atoms with Crippen LogP contribution in [0.3, 0.4) is 0 Å². The highest BCUT2D eigenvalue weighted by Gasteiger charge is 2.11. The Hall–Kier alpha value is -2.27. The summed E-state index contributed by atoms with van der Waals surface area (Å²) in [4.78, 5) is 10.2. The van der Waals surface area contributed by atoms with Gasteiger partial charge in [0.2, 0.25) is 6.79 Å². The minimum Gasteiger partial charge on any atom is -0.478 e. The summed E-state index contributed by atoms with van der Waals surface area (Å²) in [6.45, 7) is 2.75. The van der Waals surface area contributed by atoms with Gasteiger partial charge in [-0.25, -0.2) is 4.79 Å². The van der Waals surface area contributed by atoms with E-state index >= 15 is 0 Å². The molecule has 0 atom stereocenters. The summed E-state index contributed by atoms with van der Waals surface area (Å²) < 4.78 is 10.4. The SMILES string of the molecule is C1CCNCC1.O=C(O)/C=C/C=C/c1ccc2c(c1)OCO2. The molecule has 0 saturated carbocycles. The van der Waals surface area contributed by atoms with Crippen LogP contribution in [0.1, 0.15) is 24.8 Å². The number of carbonyl (C=O) groups is 1. The first-order valence-electron chi connectivity index (χ1n) is 7.44. The van der Waals surface area contributed by atoms with Crippen molar-refractivity contribution < 1.29 is 19.4 Å². The molecule has 22 heavy (non-hydrogen) atoms. The van der Waals surface area contributed by atoms with Crippen molar-refractivity contribution in [3.63, 3.8) is 0 Å². The van der Waals surface area contributed by atoms with Crippen molar-refractivity contribution in [1.82, 2.24) is 5.32 Å². The second-order valence-electron chi connectivity index (χ2n) is 4.98. The predicted molar refractivity (Wildman–Crippen MR) is 85.1 cm³/mol. The lowest BCUT2D eigenvalue weighted by Crippen LogP contribution is -2.21. The number of carboxylic acids is 1. The molecule has 0 amide bonds. The molecule has 0 bridgehead atoms. The summed E-state index contributed by atoms with van der Waals surface area (Å²) in [7, 11) is 0. The molecule has 1 fully saturated rings. The number of rotatable bonds is 3. The fraction of sp³-hybridized carbons (Fsp3) is 0.353. The largest absolute Gasteiger partial charge is 0.478 e. The zero-order valence-corrected chi connectivity index (χ0v) is 12.5. The average molecular weight is 303 g/mol. The average Bonchev–Trinajstić information content (AvgIpc) is 3.01. The van der Waals surface area contributed by atoms with Crippen LogP contribution in [0.2, 0.25) is 0 Å². The maximum Gasteiger partial charge on any atom is 0.328 e. The molecular weight excluding hydrogens is 282 g/mol. The van der Waals surface area contributed by atoms with E-state index in [9.17, 15) is 4.79 Å². The second kappa shape index (κ2) is 8.89. The summed E-state index contributed by atoms with van der Waals surface area (Å²) in [6, 6.07) is 5.54. The van der Waals surface area contributed by atoms with Crippen molar-refractivity contribution in [3.8, 4) is 11.5 Å². The fourth-order valence-electron chi connectivity index (χ4n) is 2.12. The van der Waals surface area contributed by atoms with Crippen molar-refractivity contribution in [2.45, 2.75) is 19.3 Å². The van der Waals surface area contributed by atoms with Crippen molar-refractivity contribution in [1.29, 1.82) is 0 Å². The van der Waals surface area contributed by atoms with E-state index in [-0.39, 0.29) is 6.79 Å². The minimum absolute atomic E-state index is 0.251. The molecule has 2 heterocycles. The van der Waals surface area contributed by atoms with E-state index in [0.29, 0.717) is 5.75 Å². The smallest absolute Gasteiger partial charge is 0.328 e. The van der Waals surface area contributed by atoms with Crippen molar-refractivity contribution >= 4 is 12.0 Å². The van der Waals surface area contributed by atoms with Gasteiger partial charge in [0.05, 0.1) is 0 Å². The zero-order valence-electron chi connectivity index (χ0n) is 12.5. The van der Waals surface area contributed by atoms with E-state index in [0.717, 1.165) is 17.4 Å². The third-order valence-corrected chi connectivity index (χ3v) is 3.24. The molecule has 118 valence electrons. The maximum absolute atomic E-state index is 10.2. The van der Waals surface area contributed by atoms with E-state index in [1.165, 1.54) is 38.4 Å². The highest BCUT2D eigenvalue weighted by atomic mass is 16.7. The van der Waals surface area contributed by atoms with E-state index in [1.807, 2.05) is 18.2 Å². The molecular formula is C17H21NO4. The van der Waals surface area contributed by atoms with Crippen molar-refractivity contribution in [2.75, 3.05) is 19.9 Å². The van der Waals surface area contributed by atoms with Gasteiger partial charge in [0, 0.05) is 6.08 Å². The molecule has 5 heteroatoms. The lowest BCUT2D eigenvalue weighted by atomic mass is 10.2. The number of fused-ring (bicyclic) bond motifs is 1. The Morgan fingerprint density at radius 3 is 2.50 bits per heavy atom. The number of benzene rings is 1. The summed E-state index contributed by atoms with van der Waals surface area (Å²) >= 11 is 0. The number of aliphatic carboxylic acids is 1. The van der Waals surface area contributed by atoms with Crippen LogP contribution in [0.5, 0.6) is 11.5 Å². The normalized spacial score (nSPS) is 16.5. The number of hydrogen-bond acceptors (Lipinski definition) is 4. The summed E-state index contributed by atoms with van der Waals surface area (Å²) in [5.74, 6) is 0.484. The molecule has 3 rings (SSSR count). The van der Waals surface area contributed by atoms with Crippen molar-refractivity contribution in [2.24, 2.45) is 0 Å². The molecule has 0 aromatic heterocycles. The Balaban J connectivity index is 0.000000246. The molecule has 1 saturated heterocycles. The third-order valence-electron chi connectivity index (χ3n) is 3.24. The van der Waals surface area contributed by atoms with Gasteiger partial charge in [0.25, 0.3) is 0 Å². The van der Waals surface area contributed by atoms with Crippen LogP contribution in [0.25, 0.3) is 6.08 Å². The Morgan fingerprint density at radius 2 is 1.86 bits per heavy atom. The Kier molecular flexibility index (Phi) is 6.51. The first-order chi connectivity index (χ1) is 10.8. The molecule has 5 nitrogen and oxygen atoms in total. The number of hydrogen-bond donors (Lipinski definition) is 2. The molecule has 0 spiro atoms. The Bertz CT molecular complexity index is 536. The fourth-order valence-corrected chi connectivity index (χ4v) is 2.12. The first kappa shape index (κ1) is 16.1. The monoisotopic (exact) mass is 303 g/mol. The molecule has 0 unspecified atom stereocenters. The van der Waals surface area contributed by atoms with E-state index in [2.05, 4.69) is 5.32 Å². The summed E-state index contributed by atoms with van der Waals surface area (Å²) in [5.41, 5.74) is 0.930. The highest BCUT2D eigenvalue weighted by Crippen LogP contribution is 2.32. The van der Waals surface area contributed by atoms with Crippen LogP contribution in [-0.2, 0) is 4.79 Å². The van der Waals surface area contributed by atoms with Gasteiger partial charge in [-0.05, 0) is 43.6 Å².